The molecule has 0 amide bonds. The van der Waals surface area contributed by atoms with E-state index in [0.29, 0.717) is 5.75 Å². The van der Waals surface area contributed by atoms with Gasteiger partial charge in [-0.25, -0.2) is 0 Å². The molecule has 1 aliphatic carbocycles. The van der Waals surface area contributed by atoms with Gasteiger partial charge in [0.2, 0.25) is 0 Å². The molecule has 0 bridgehead atoms. The molecule has 20 heavy (non-hydrogen) atoms. The Labute approximate surface area is 121 Å². The summed E-state index contributed by atoms with van der Waals surface area (Å²) in [5.41, 5.74) is 3.81. The molecule has 0 radical (unpaired) electrons. The van der Waals surface area contributed by atoms with Crippen molar-refractivity contribution in [3.05, 3.63) is 78.4 Å². The van der Waals surface area contributed by atoms with E-state index in [9.17, 15) is 5.11 Å². The van der Waals surface area contributed by atoms with Gasteiger partial charge in [0.25, 0.3) is 0 Å². The second-order valence-electron chi connectivity index (χ2n) is 6.16. The highest BCUT2D eigenvalue weighted by molar-refractivity contribution is 5.54. The average Bonchev–Trinajstić information content (AvgIpc) is 2.38. The van der Waals surface area contributed by atoms with E-state index in [0.717, 1.165) is 28.7 Å². The number of hydrogen-bond acceptors (Lipinski definition) is 1. The van der Waals surface area contributed by atoms with Crippen LogP contribution < -0.4 is 0 Å². The minimum Gasteiger partial charge on any atom is -0.508 e. The van der Waals surface area contributed by atoms with E-state index >= 15 is 0 Å². The molecule has 1 aromatic carbocycles. The van der Waals surface area contributed by atoms with Gasteiger partial charge in [-0.2, -0.15) is 0 Å². The first-order valence-corrected chi connectivity index (χ1v) is 6.85. The van der Waals surface area contributed by atoms with Gasteiger partial charge in [0.05, 0.1) is 0 Å². The van der Waals surface area contributed by atoms with Crippen molar-refractivity contribution in [1.82, 2.24) is 0 Å². The van der Waals surface area contributed by atoms with Crippen molar-refractivity contribution in [2.75, 3.05) is 0 Å². The van der Waals surface area contributed by atoms with Crippen LogP contribution in [0, 0.1) is 11.3 Å². The molecule has 0 saturated heterocycles. The highest BCUT2D eigenvalue weighted by Crippen LogP contribution is 2.43. The van der Waals surface area contributed by atoms with Crippen LogP contribution in [0.2, 0.25) is 0 Å². The smallest absolute Gasteiger partial charge is 0.118 e. The summed E-state index contributed by atoms with van der Waals surface area (Å²) in [5.74, 6) is 0.564. The minimum atomic E-state index is -0.0456. The summed E-state index contributed by atoms with van der Waals surface area (Å²) < 4.78 is 0. The fourth-order valence-corrected chi connectivity index (χ4v) is 2.82. The molecule has 0 spiro atoms. The lowest BCUT2D eigenvalue weighted by Gasteiger charge is -2.37. The summed E-state index contributed by atoms with van der Waals surface area (Å²) in [7, 11) is 0. The number of para-hydroxylation sites is 1. The number of aromatic hydroxyl groups is 1. The van der Waals surface area contributed by atoms with E-state index in [1.807, 2.05) is 24.3 Å². The third-order valence-corrected chi connectivity index (χ3v) is 4.12. The van der Waals surface area contributed by atoms with Crippen LogP contribution in [0.25, 0.3) is 0 Å². The van der Waals surface area contributed by atoms with E-state index in [1.165, 1.54) is 0 Å². The Kier molecular flexibility index (Phi) is 3.71. The fraction of sp³-hybridized carbons (Fsp3) is 0.263. The normalized spacial score (nSPS) is 19.5. The van der Waals surface area contributed by atoms with Gasteiger partial charge < -0.3 is 5.11 Å². The van der Waals surface area contributed by atoms with E-state index in [2.05, 4.69) is 39.7 Å². The Morgan fingerprint density at radius 3 is 2.45 bits per heavy atom. The fourth-order valence-electron chi connectivity index (χ4n) is 2.82. The molecule has 2 rings (SSSR count). The summed E-state index contributed by atoms with van der Waals surface area (Å²) in [4.78, 5) is 0. The van der Waals surface area contributed by atoms with Gasteiger partial charge in [-0.05, 0) is 40.2 Å². The van der Waals surface area contributed by atoms with Crippen molar-refractivity contribution in [2.45, 2.75) is 20.3 Å². The Morgan fingerprint density at radius 1 is 1.15 bits per heavy atom. The van der Waals surface area contributed by atoms with Gasteiger partial charge in [0.15, 0.2) is 0 Å². The first kappa shape index (κ1) is 14.4. The first-order valence-electron chi connectivity index (χ1n) is 6.85. The quantitative estimate of drug-likeness (QED) is 0.832. The van der Waals surface area contributed by atoms with Gasteiger partial charge in [-0.3, -0.25) is 0 Å². The SMILES string of the molecule is C=C1C=CC(C(C)(C)Cc2ccccc2O)C(=C)C1=C. The van der Waals surface area contributed by atoms with E-state index in [1.54, 1.807) is 6.07 Å². The number of benzene rings is 1. The Hall–Kier alpha value is -2.02. The highest BCUT2D eigenvalue weighted by atomic mass is 16.3. The molecular formula is C19H22O. The maximum atomic E-state index is 9.96. The lowest BCUT2D eigenvalue weighted by Crippen LogP contribution is -2.28. The van der Waals surface area contributed by atoms with Crippen LogP contribution in [-0.2, 0) is 6.42 Å². The second-order valence-corrected chi connectivity index (χ2v) is 6.16. The Balaban J connectivity index is 2.29. The van der Waals surface area contributed by atoms with Gasteiger partial charge in [-0.1, -0.05) is 63.9 Å². The van der Waals surface area contributed by atoms with Crippen LogP contribution in [0.3, 0.4) is 0 Å². The van der Waals surface area contributed by atoms with E-state index < -0.39 is 0 Å². The van der Waals surface area contributed by atoms with Crippen LogP contribution in [-0.4, -0.2) is 5.11 Å². The molecular weight excluding hydrogens is 244 g/mol. The largest absolute Gasteiger partial charge is 0.508 e. The van der Waals surface area contributed by atoms with E-state index in [4.69, 9.17) is 0 Å². The molecule has 1 aromatic rings. The second kappa shape index (κ2) is 5.16. The zero-order valence-electron chi connectivity index (χ0n) is 12.3. The molecule has 0 aromatic heterocycles. The molecule has 1 N–H and O–H groups in total. The summed E-state index contributed by atoms with van der Waals surface area (Å²) >= 11 is 0. The average molecular weight is 266 g/mol. The summed E-state index contributed by atoms with van der Waals surface area (Å²) in [6.45, 7) is 16.6. The van der Waals surface area contributed by atoms with Crippen molar-refractivity contribution in [1.29, 1.82) is 0 Å². The zero-order valence-corrected chi connectivity index (χ0v) is 12.3. The summed E-state index contributed by atoms with van der Waals surface area (Å²) in [5, 5.41) is 9.96. The van der Waals surface area contributed by atoms with Gasteiger partial charge in [0.1, 0.15) is 5.75 Å². The molecule has 0 saturated carbocycles. The number of phenolic OH excluding ortho intramolecular Hbond substituents is 1. The number of rotatable bonds is 3. The maximum Gasteiger partial charge on any atom is 0.118 e. The molecule has 1 nitrogen and oxygen atoms in total. The molecule has 0 heterocycles. The molecule has 104 valence electrons. The Morgan fingerprint density at radius 2 is 1.80 bits per heavy atom. The molecule has 1 aliphatic rings. The standard InChI is InChI=1S/C19H22O/c1-13-10-11-17(15(3)14(13)2)19(4,5)12-16-8-6-7-9-18(16)20/h6-11,17,20H,1-3,12H2,4-5H3. The van der Waals surface area contributed by atoms with Gasteiger partial charge in [-0.15, -0.1) is 0 Å². The first-order chi connectivity index (χ1) is 9.33. The topological polar surface area (TPSA) is 20.2 Å². The number of hydrogen-bond donors (Lipinski definition) is 1. The number of allylic oxidation sites excluding steroid dienone is 5. The summed E-state index contributed by atoms with van der Waals surface area (Å²) in [6, 6.07) is 7.51. The lowest BCUT2D eigenvalue weighted by molar-refractivity contribution is 0.287. The molecule has 1 atom stereocenters. The predicted molar refractivity (Wildman–Crippen MR) is 85.6 cm³/mol. The van der Waals surface area contributed by atoms with Crippen LogP contribution in [0.15, 0.2) is 72.9 Å². The third-order valence-electron chi connectivity index (χ3n) is 4.12. The molecule has 0 aliphatic heterocycles. The molecule has 1 unspecified atom stereocenters. The Bertz CT molecular complexity index is 602. The molecule has 1 heteroatoms. The van der Waals surface area contributed by atoms with Crippen LogP contribution >= 0.6 is 0 Å². The summed E-state index contributed by atoms with van der Waals surface area (Å²) in [6.07, 6.45) is 4.96. The monoisotopic (exact) mass is 266 g/mol. The van der Waals surface area contributed by atoms with Crippen molar-refractivity contribution >= 4 is 0 Å². The predicted octanol–water partition coefficient (Wildman–Crippen LogP) is 4.82. The van der Waals surface area contributed by atoms with E-state index in [-0.39, 0.29) is 11.3 Å². The van der Waals surface area contributed by atoms with Crippen molar-refractivity contribution in [2.24, 2.45) is 11.3 Å². The maximum absolute atomic E-state index is 9.96. The van der Waals surface area contributed by atoms with Crippen molar-refractivity contribution < 1.29 is 5.11 Å². The lowest BCUT2D eigenvalue weighted by atomic mass is 9.67. The van der Waals surface area contributed by atoms with Gasteiger partial charge >= 0.3 is 0 Å². The number of phenols is 1. The minimum absolute atomic E-state index is 0.0456. The molecule has 0 fully saturated rings. The van der Waals surface area contributed by atoms with Crippen LogP contribution in [0.1, 0.15) is 19.4 Å². The van der Waals surface area contributed by atoms with Crippen LogP contribution in [0.4, 0.5) is 0 Å². The van der Waals surface area contributed by atoms with Crippen LogP contribution in [0.5, 0.6) is 5.75 Å². The van der Waals surface area contributed by atoms with Gasteiger partial charge in [0, 0.05) is 5.92 Å². The van der Waals surface area contributed by atoms with Crippen molar-refractivity contribution in [3.63, 3.8) is 0 Å². The highest BCUT2D eigenvalue weighted by Gasteiger charge is 2.33. The third kappa shape index (κ3) is 2.62. The zero-order chi connectivity index (χ0) is 14.9. The van der Waals surface area contributed by atoms with Crippen molar-refractivity contribution in [3.8, 4) is 5.75 Å².